The molecule has 0 saturated carbocycles. The average Bonchev–Trinajstić information content (AvgIpc) is 3.28. The molecule has 1 unspecified atom stereocenters. The average molecular weight is 606 g/mol. The first kappa shape index (κ1) is 30.5. The van der Waals surface area contributed by atoms with E-state index in [1.807, 2.05) is 6.92 Å². The van der Waals surface area contributed by atoms with E-state index < -0.39 is 31.4 Å². The summed E-state index contributed by atoms with van der Waals surface area (Å²) in [6.07, 6.45) is -2.35. The van der Waals surface area contributed by atoms with Gasteiger partial charge in [0.05, 0.1) is 17.1 Å². The number of aromatic nitrogens is 5. The standard InChI is InChI=1S/C27H27ClF3N7O4/c1-13-18(28)10-17(15(3)38-24-21(14(2)36-38)23(32)34-12-35-24)22(41-8-9-42-26(40)27(29,30)31)20(13)16-6-7-19(33-11-16)25(39)37(4)5/h6-7,10-12,15H,8-9H2,1-5H3,(H2,32,34,35). The Morgan fingerprint density at radius 2 is 1.86 bits per heavy atom. The highest BCUT2D eigenvalue weighted by molar-refractivity contribution is 6.32. The van der Waals surface area contributed by atoms with E-state index in [2.05, 4.69) is 24.8 Å². The van der Waals surface area contributed by atoms with Gasteiger partial charge in [-0.05, 0) is 38.5 Å². The van der Waals surface area contributed by atoms with Gasteiger partial charge >= 0.3 is 12.1 Å². The summed E-state index contributed by atoms with van der Waals surface area (Å²) < 4.78 is 49.9. The van der Waals surface area contributed by atoms with Crippen LogP contribution in [0, 0.1) is 13.8 Å². The van der Waals surface area contributed by atoms with Crippen LogP contribution in [0.15, 0.2) is 30.7 Å². The summed E-state index contributed by atoms with van der Waals surface area (Å²) in [5.74, 6) is -2.14. The minimum Gasteiger partial charge on any atom is -0.489 e. The number of hydrogen-bond donors (Lipinski definition) is 1. The number of esters is 1. The van der Waals surface area contributed by atoms with Crippen LogP contribution in [0.25, 0.3) is 22.2 Å². The van der Waals surface area contributed by atoms with Gasteiger partial charge in [0.2, 0.25) is 0 Å². The predicted molar refractivity (Wildman–Crippen MR) is 148 cm³/mol. The highest BCUT2D eigenvalue weighted by Crippen LogP contribution is 2.43. The molecule has 3 heterocycles. The molecule has 4 rings (SSSR count). The van der Waals surface area contributed by atoms with Crippen LogP contribution in [0.2, 0.25) is 5.02 Å². The van der Waals surface area contributed by atoms with Crippen molar-refractivity contribution in [1.29, 1.82) is 0 Å². The third-order valence-corrected chi connectivity index (χ3v) is 6.88. The Bertz CT molecular complexity index is 1660. The van der Waals surface area contributed by atoms with Gasteiger partial charge in [-0.3, -0.25) is 9.78 Å². The largest absolute Gasteiger partial charge is 0.490 e. The van der Waals surface area contributed by atoms with Crippen molar-refractivity contribution in [2.45, 2.75) is 33.0 Å². The zero-order valence-corrected chi connectivity index (χ0v) is 24.0. The number of anilines is 1. The maximum Gasteiger partial charge on any atom is 0.490 e. The van der Waals surface area contributed by atoms with E-state index in [9.17, 15) is 22.8 Å². The second-order valence-corrected chi connectivity index (χ2v) is 9.96. The molecule has 42 heavy (non-hydrogen) atoms. The number of amides is 1. The summed E-state index contributed by atoms with van der Waals surface area (Å²) in [5.41, 5.74) is 9.38. The van der Waals surface area contributed by atoms with E-state index in [1.54, 1.807) is 50.8 Å². The number of ether oxygens (including phenoxy) is 2. The van der Waals surface area contributed by atoms with Crippen molar-refractivity contribution in [2.24, 2.45) is 0 Å². The number of nitrogen functional groups attached to an aromatic ring is 1. The van der Waals surface area contributed by atoms with Crippen LogP contribution in [0.5, 0.6) is 5.75 Å². The summed E-state index contributed by atoms with van der Waals surface area (Å²) in [6.45, 7) is 4.22. The monoisotopic (exact) mass is 605 g/mol. The van der Waals surface area contributed by atoms with Gasteiger partial charge < -0.3 is 20.1 Å². The molecule has 0 saturated heterocycles. The molecule has 222 valence electrons. The quantitative estimate of drug-likeness (QED) is 0.227. The Kier molecular flexibility index (Phi) is 8.57. The third kappa shape index (κ3) is 5.93. The van der Waals surface area contributed by atoms with Gasteiger partial charge in [0.25, 0.3) is 5.91 Å². The second-order valence-electron chi connectivity index (χ2n) is 9.55. The third-order valence-electron chi connectivity index (χ3n) is 6.49. The first-order valence-corrected chi connectivity index (χ1v) is 12.9. The van der Waals surface area contributed by atoms with Gasteiger partial charge in [0.1, 0.15) is 36.8 Å². The molecule has 0 aliphatic heterocycles. The number of aryl methyl sites for hydroxylation is 1. The maximum atomic E-state index is 12.6. The number of nitrogens with zero attached hydrogens (tertiary/aromatic N) is 6. The highest BCUT2D eigenvalue weighted by atomic mass is 35.5. The molecular weight excluding hydrogens is 579 g/mol. The number of benzene rings is 1. The van der Waals surface area contributed by atoms with Gasteiger partial charge in [-0.1, -0.05) is 17.7 Å². The Balaban J connectivity index is 1.83. The van der Waals surface area contributed by atoms with Crippen molar-refractivity contribution in [2.75, 3.05) is 33.0 Å². The van der Waals surface area contributed by atoms with Crippen LogP contribution in [-0.4, -0.2) is 75.0 Å². The lowest BCUT2D eigenvalue weighted by Crippen LogP contribution is -2.27. The number of carbonyl (C=O) groups excluding carboxylic acids is 2. The predicted octanol–water partition coefficient (Wildman–Crippen LogP) is 4.54. The van der Waals surface area contributed by atoms with Crippen LogP contribution in [0.4, 0.5) is 19.0 Å². The van der Waals surface area contributed by atoms with Crippen LogP contribution < -0.4 is 10.5 Å². The normalized spacial score (nSPS) is 12.3. The van der Waals surface area contributed by atoms with E-state index >= 15 is 0 Å². The number of halogens is 4. The fourth-order valence-electron chi connectivity index (χ4n) is 4.39. The number of rotatable bonds is 8. The van der Waals surface area contributed by atoms with Crippen LogP contribution in [0.3, 0.4) is 0 Å². The topological polar surface area (TPSA) is 138 Å². The number of alkyl halides is 3. The number of pyridine rings is 1. The van der Waals surface area contributed by atoms with Crippen molar-refractivity contribution in [1.82, 2.24) is 29.6 Å². The summed E-state index contributed by atoms with van der Waals surface area (Å²) in [5, 5.41) is 5.53. The summed E-state index contributed by atoms with van der Waals surface area (Å²) in [7, 11) is 3.20. The molecule has 0 bridgehead atoms. The molecule has 0 aliphatic carbocycles. The van der Waals surface area contributed by atoms with Crippen LogP contribution in [0.1, 0.15) is 40.3 Å². The summed E-state index contributed by atoms with van der Waals surface area (Å²) in [4.78, 5) is 37.7. The van der Waals surface area contributed by atoms with Gasteiger partial charge in [-0.2, -0.15) is 18.3 Å². The highest BCUT2D eigenvalue weighted by Gasteiger charge is 2.40. The van der Waals surface area contributed by atoms with Gasteiger partial charge in [-0.25, -0.2) is 19.4 Å². The van der Waals surface area contributed by atoms with E-state index in [-0.39, 0.29) is 23.2 Å². The Hall–Kier alpha value is -4.46. The minimum atomic E-state index is -5.14. The molecule has 1 amide bonds. The van der Waals surface area contributed by atoms with Gasteiger partial charge in [0, 0.05) is 42.0 Å². The Morgan fingerprint density at radius 3 is 2.48 bits per heavy atom. The smallest absolute Gasteiger partial charge is 0.489 e. The second kappa shape index (κ2) is 11.8. The molecule has 1 atom stereocenters. The number of hydrogen-bond acceptors (Lipinski definition) is 9. The number of nitrogens with two attached hydrogens (primary N) is 1. The van der Waals surface area contributed by atoms with Gasteiger partial charge in [0.15, 0.2) is 5.65 Å². The molecular formula is C27H27ClF3N7O4. The molecule has 4 aromatic rings. The fourth-order valence-corrected chi connectivity index (χ4v) is 4.60. The first-order chi connectivity index (χ1) is 19.7. The lowest BCUT2D eigenvalue weighted by molar-refractivity contribution is -0.200. The van der Waals surface area contributed by atoms with E-state index in [4.69, 9.17) is 22.1 Å². The van der Waals surface area contributed by atoms with Crippen LogP contribution in [-0.2, 0) is 9.53 Å². The molecule has 0 fully saturated rings. The van der Waals surface area contributed by atoms with Crippen LogP contribution >= 0.6 is 11.6 Å². The van der Waals surface area contributed by atoms with E-state index in [1.165, 1.54) is 17.4 Å². The molecule has 0 spiro atoms. The molecule has 11 nitrogen and oxygen atoms in total. The zero-order chi connectivity index (χ0) is 30.9. The Labute approximate surface area is 243 Å². The van der Waals surface area contributed by atoms with Crippen molar-refractivity contribution in [3.63, 3.8) is 0 Å². The molecule has 1 aromatic carbocycles. The first-order valence-electron chi connectivity index (χ1n) is 12.6. The minimum absolute atomic E-state index is 0.203. The van der Waals surface area contributed by atoms with Gasteiger partial charge in [-0.15, -0.1) is 0 Å². The molecule has 15 heteroatoms. The van der Waals surface area contributed by atoms with Crippen molar-refractivity contribution in [3.8, 4) is 16.9 Å². The molecule has 3 aromatic heterocycles. The van der Waals surface area contributed by atoms with E-state index in [0.29, 0.717) is 44.0 Å². The number of fused-ring (bicyclic) bond motifs is 1. The zero-order valence-electron chi connectivity index (χ0n) is 23.3. The lowest BCUT2D eigenvalue weighted by atomic mass is 9.94. The number of carbonyl (C=O) groups is 2. The van der Waals surface area contributed by atoms with Crippen molar-refractivity contribution < 1.29 is 32.2 Å². The molecule has 2 N–H and O–H groups in total. The molecule has 0 radical (unpaired) electrons. The van der Waals surface area contributed by atoms with E-state index in [0.717, 1.165) is 0 Å². The van der Waals surface area contributed by atoms with Crippen molar-refractivity contribution >= 4 is 40.3 Å². The summed E-state index contributed by atoms with van der Waals surface area (Å²) >= 11 is 6.69. The lowest BCUT2D eigenvalue weighted by Gasteiger charge is -2.23. The Morgan fingerprint density at radius 1 is 1.14 bits per heavy atom. The van der Waals surface area contributed by atoms with Crippen molar-refractivity contribution in [3.05, 3.63) is 58.3 Å². The summed E-state index contributed by atoms with van der Waals surface area (Å²) in [6, 6.07) is 4.28. The molecule has 0 aliphatic rings. The SMILES string of the molecule is Cc1c(Cl)cc(C(C)n2nc(C)c3c(N)ncnc32)c(OCCOC(=O)C(F)(F)F)c1-c1ccc(C(=O)N(C)C)nc1. The fraction of sp³-hybridized carbons (Fsp3) is 0.333. The maximum absolute atomic E-state index is 12.6.